The molecule has 1 saturated carbocycles. The van der Waals surface area contributed by atoms with E-state index in [1.54, 1.807) is 0 Å². The average molecular weight is 331 g/mol. The normalized spacial score (nSPS) is 25.8. The van der Waals surface area contributed by atoms with Crippen LogP contribution in [0.25, 0.3) is 0 Å². The van der Waals surface area contributed by atoms with Gasteiger partial charge >= 0.3 is 0 Å². The number of nitrogens with one attached hydrogen (secondary N) is 1. The number of ether oxygens (including phenoxy) is 1. The van der Waals surface area contributed by atoms with Crippen LogP contribution in [-0.2, 0) is 11.3 Å². The molecule has 24 heavy (non-hydrogen) atoms. The Morgan fingerprint density at radius 3 is 2.75 bits per heavy atom. The first-order chi connectivity index (χ1) is 11.7. The Kier molecular flexibility index (Phi) is 4.41. The van der Waals surface area contributed by atoms with Gasteiger partial charge in [0, 0.05) is 19.1 Å². The molecule has 6 nitrogen and oxygen atoms in total. The third-order valence-corrected chi connectivity index (χ3v) is 5.20. The molecule has 3 atom stereocenters. The van der Waals surface area contributed by atoms with Gasteiger partial charge in [-0.2, -0.15) is 4.98 Å². The summed E-state index contributed by atoms with van der Waals surface area (Å²) in [6.45, 7) is 6.37. The van der Waals surface area contributed by atoms with Gasteiger partial charge in [0.05, 0.1) is 12.6 Å². The van der Waals surface area contributed by atoms with Crippen molar-refractivity contribution in [3.63, 3.8) is 0 Å². The van der Waals surface area contributed by atoms with Gasteiger partial charge in [-0.25, -0.2) is 0 Å². The fourth-order valence-corrected chi connectivity index (χ4v) is 3.56. The molecule has 0 amide bonds. The summed E-state index contributed by atoms with van der Waals surface area (Å²) in [6, 6.07) is 4.24. The molecule has 1 saturated heterocycles. The Balaban J connectivity index is 1.44. The summed E-state index contributed by atoms with van der Waals surface area (Å²) in [4.78, 5) is 4.44. The lowest BCUT2D eigenvalue weighted by Gasteiger charge is -2.28. The zero-order valence-corrected chi connectivity index (χ0v) is 14.3. The SMILES string of the molecule is Cc1noc([C@H](NCc2ccc([C@@H]3C[C@@H]3C)o2)C2CCOCC2)n1. The van der Waals surface area contributed by atoms with E-state index in [1.165, 1.54) is 6.42 Å². The van der Waals surface area contributed by atoms with Crippen molar-refractivity contribution in [2.24, 2.45) is 11.8 Å². The first kappa shape index (κ1) is 15.8. The number of nitrogens with zero attached hydrogens (tertiary/aromatic N) is 2. The van der Waals surface area contributed by atoms with E-state index in [1.807, 2.05) is 6.92 Å². The number of hydrogen-bond acceptors (Lipinski definition) is 6. The minimum Gasteiger partial charge on any atom is -0.464 e. The van der Waals surface area contributed by atoms with E-state index >= 15 is 0 Å². The third-order valence-electron chi connectivity index (χ3n) is 5.20. The topological polar surface area (TPSA) is 73.3 Å². The van der Waals surface area contributed by atoms with Crippen molar-refractivity contribution in [1.29, 1.82) is 0 Å². The Hall–Kier alpha value is -1.66. The Morgan fingerprint density at radius 2 is 2.08 bits per heavy atom. The maximum atomic E-state index is 6.00. The maximum absolute atomic E-state index is 6.00. The van der Waals surface area contributed by atoms with Crippen LogP contribution in [0.15, 0.2) is 21.1 Å². The fourth-order valence-electron chi connectivity index (χ4n) is 3.56. The highest BCUT2D eigenvalue weighted by molar-refractivity contribution is 5.17. The molecule has 6 heteroatoms. The van der Waals surface area contributed by atoms with E-state index in [2.05, 4.69) is 34.5 Å². The standard InChI is InChI=1S/C18H25N3O3/c1-11-9-15(11)16-4-3-14(23-16)10-19-17(13-5-7-22-8-6-13)18-20-12(2)21-24-18/h3-4,11,13,15,17,19H,5-10H2,1-2H3/t11-,15+,17+/m0/s1. The lowest BCUT2D eigenvalue weighted by molar-refractivity contribution is 0.0482. The van der Waals surface area contributed by atoms with Crippen molar-refractivity contribution in [2.75, 3.05) is 13.2 Å². The van der Waals surface area contributed by atoms with Crippen molar-refractivity contribution in [1.82, 2.24) is 15.5 Å². The highest BCUT2D eigenvalue weighted by atomic mass is 16.5. The monoisotopic (exact) mass is 331 g/mol. The zero-order valence-electron chi connectivity index (χ0n) is 14.3. The van der Waals surface area contributed by atoms with Gasteiger partial charge < -0.3 is 13.7 Å². The van der Waals surface area contributed by atoms with Gasteiger partial charge in [0.2, 0.25) is 5.89 Å². The lowest BCUT2D eigenvalue weighted by Crippen LogP contribution is -2.32. The third kappa shape index (κ3) is 3.39. The summed E-state index contributed by atoms with van der Waals surface area (Å²) in [5.74, 6) is 5.25. The molecule has 2 aromatic rings. The predicted molar refractivity (Wildman–Crippen MR) is 87.4 cm³/mol. The first-order valence-corrected chi connectivity index (χ1v) is 8.90. The molecule has 130 valence electrons. The quantitative estimate of drug-likeness (QED) is 0.875. The summed E-state index contributed by atoms with van der Waals surface area (Å²) in [7, 11) is 0. The molecule has 0 aromatic carbocycles. The number of aromatic nitrogens is 2. The summed E-state index contributed by atoms with van der Waals surface area (Å²) >= 11 is 0. The van der Waals surface area contributed by atoms with E-state index in [0.29, 0.717) is 30.1 Å². The van der Waals surface area contributed by atoms with Crippen molar-refractivity contribution in [3.05, 3.63) is 35.4 Å². The second kappa shape index (κ2) is 6.69. The molecule has 0 unspecified atom stereocenters. The van der Waals surface area contributed by atoms with Crippen molar-refractivity contribution in [2.45, 2.75) is 51.6 Å². The molecule has 1 aliphatic heterocycles. The largest absolute Gasteiger partial charge is 0.464 e. The highest BCUT2D eigenvalue weighted by Crippen LogP contribution is 2.47. The average Bonchev–Trinajstić information content (AvgIpc) is 2.99. The molecule has 2 fully saturated rings. The van der Waals surface area contributed by atoms with E-state index in [0.717, 1.165) is 43.5 Å². The number of aryl methyl sites for hydroxylation is 1. The minimum absolute atomic E-state index is 0.0449. The Bertz CT molecular complexity index is 675. The van der Waals surface area contributed by atoms with Crippen LogP contribution < -0.4 is 5.32 Å². The minimum atomic E-state index is 0.0449. The smallest absolute Gasteiger partial charge is 0.244 e. The summed E-state index contributed by atoms with van der Waals surface area (Å²) in [6.07, 6.45) is 3.25. The highest BCUT2D eigenvalue weighted by Gasteiger charge is 2.36. The van der Waals surface area contributed by atoms with E-state index < -0.39 is 0 Å². The van der Waals surface area contributed by atoms with E-state index in [9.17, 15) is 0 Å². The molecule has 0 bridgehead atoms. The molecular formula is C18H25N3O3. The molecule has 1 aliphatic carbocycles. The van der Waals surface area contributed by atoms with Gasteiger partial charge in [-0.3, -0.25) is 5.32 Å². The second-order valence-electron chi connectivity index (χ2n) is 7.11. The number of rotatable bonds is 6. The molecule has 0 spiro atoms. The lowest BCUT2D eigenvalue weighted by atomic mass is 9.91. The van der Waals surface area contributed by atoms with Crippen LogP contribution in [0.1, 0.15) is 61.4 Å². The fraction of sp³-hybridized carbons (Fsp3) is 0.667. The second-order valence-corrected chi connectivity index (χ2v) is 7.11. The van der Waals surface area contributed by atoms with Crippen LogP contribution in [0.3, 0.4) is 0 Å². The van der Waals surface area contributed by atoms with Gasteiger partial charge in [-0.05, 0) is 50.2 Å². The summed E-state index contributed by atoms with van der Waals surface area (Å²) in [5.41, 5.74) is 0. The summed E-state index contributed by atoms with van der Waals surface area (Å²) in [5, 5.41) is 7.52. The Morgan fingerprint density at radius 1 is 1.29 bits per heavy atom. The van der Waals surface area contributed by atoms with Gasteiger partial charge in [0.25, 0.3) is 0 Å². The first-order valence-electron chi connectivity index (χ1n) is 8.90. The molecular weight excluding hydrogens is 306 g/mol. The van der Waals surface area contributed by atoms with Gasteiger partial charge in [-0.15, -0.1) is 0 Å². The van der Waals surface area contributed by atoms with Crippen LogP contribution in [-0.4, -0.2) is 23.4 Å². The molecule has 3 heterocycles. The number of furan rings is 1. The molecule has 0 radical (unpaired) electrons. The summed E-state index contributed by atoms with van der Waals surface area (Å²) < 4.78 is 16.9. The Labute approximate surface area is 141 Å². The van der Waals surface area contributed by atoms with Gasteiger partial charge in [0.15, 0.2) is 5.82 Å². The van der Waals surface area contributed by atoms with Crippen molar-refractivity contribution >= 4 is 0 Å². The van der Waals surface area contributed by atoms with Crippen LogP contribution in [0.5, 0.6) is 0 Å². The predicted octanol–water partition coefficient (Wildman–Crippen LogP) is 3.35. The molecule has 1 N–H and O–H groups in total. The molecule has 4 rings (SSSR count). The van der Waals surface area contributed by atoms with Crippen LogP contribution in [0, 0.1) is 18.8 Å². The maximum Gasteiger partial charge on any atom is 0.244 e. The van der Waals surface area contributed by atoms with Gasteiger partial charge in [-0.1, -0.05) is 12.1 Å². The van der Waals surface area contributed by atoms with Crippen LogP contribution >= 0.6 is 0 Å². The van der Waals surface area contributed by atoms with Crippen LogP contribution in [0.2, 0.25) is 0 Å². The van der Waals surface area contributed by atoms with Crippen molar-refractivity contribution in [3.8, 4) is 0 Å². The number of hydrogen-bond donors (Lipinski definition) is 1. The molecule has 2 aromatic heterocycles. The van der Waals surface area contributed by atoms with Crippen molar-refractivity contribution < 1.29 is 13.7 Å². The van der Waals surface area contributed by atoms with Gasteiger partial charge in [0.1, 0.15) is 11.5 Å². The molecule has 2 aliphatic rings. The van der Waals surface area contributed by atoms with E-state index in [4.69, 9.17) is 13.7 Å². The van der Waals surface area contributed by atoms with Crippen LogP contribution in [0.4, 0.5) is 0 Å². The zero-order chi connectivity index (χ0) is 16.5. The van der Waals surface area contributed by atoms with E-state index in [-0.39, 0.29) is 6.04 Å².